The normalized spacial score (nSPS) is 11.7. The van der Waals surface area contributed by atoms with Gasteiger partial charge in [0.1, 0.15) is 12.4 Å². The number of carboxylic acids is 1. The van der Waals surface area contributed by atoms with Crippen LogP contribution in [0.4, 0.5) is 19.3 Å². The fraction of sp³-hybridized carbons (Fsp3) is 0.462. The van der Waals surface area contributed by atoms with E-state index in [1.165, 1.54) is 11.0 Å². The maximum absolute atomic E-state index is 13.5. The Labute approximate surface area is 210 Å². The number of anilines is 1. The standard InChI is InChI=1S/C26H34F2N2O6/c1-3-14-34-15-5-12-30(26(33)29-20-8-11-22(27)23(28)18-20)13-16-36-21-9-6-19(7-10-21)17-24(25(31)32)35-4-2/h6-11,18,24H,3-5,12-17H2,1-2H3,(H,29,33)(H,31,32). The van der Waals surface area contributed by atoms with Crippen molar-refractivity contribution in [2.24, 2.45) is 0 Å². The van der Waals surface area contributed by atoms with Crippen molar-refractivity contribution in [3.63, 3.8) is 0 Å². The van der Waals surface area contributed by atoms with Gasteiger partial charge in [-0.3, -0.25) is 0 Å². The predicted molar refractivity (Wildman–Crippen MR) is 131 cm³/mol. The monoisotopic (exact) mass is 508 g/mol. The molecule has 0 radical (unpaired) electrons. The van der Waals surface area contributed by atoms with E-state index in [1.54, 1.807) is 31.2 Å². The van der Waals surface area contributed by atoms with E-state index in [9.17, 15) is 23.5 Å². The summed E-state index contributed by atoms with van der Waals surface area (Å²) in [6.07, 6.45) is 0.825. The average Bonchev–Trinajstić information content (AvgIpc) is 2.85. The molecule has 8 nitrogen and oxygen atoms in total. The van der Waals surface area contributed by atoms with Crippen LogP contribution in [0.2, 0.25) is 0 Å². The van der Waals surface area contributed by atoms with Gasteiger partial charge < -0.3 is 29.5 Å². The van der Waals surface area contributed by atoms with Crippen LogP contribution in [0.5, 0.6) is 5.75 Å². The Bertz CT molecular complexity index is 958. The molecular formula is C26H34F2N2O6. The van der Waals surface area contributed by atoms with Gasteiger partial charge in [0.05, 0.1) is 6.54 Å². The molecule has 10 heteroatoms. The second-order valence-corrected chi connectivity index (χ2v) is 7.99. The molecule has 36 heavy (non-hydrogen) atoms. The maximum Gasteiger partial charge on any atom is 0.333 e. The Morgan fingerprint density at radius 2 is 1.75 bits per heavy atom. The summed E-state index contributed by atoms with van der Waals surface area (Å²) in [5.41, 5.74) is 0.942. The molecule has 0 heterocycles. The van der Waals surface area contributed by atoms with E-state index in [0.29, 0.717) is 38.5 Å². The van der Waals surface area contributed by atoms with Gasteiger partial charge in [-0.25, -0.2) is 18.4 Å². The summed E-state index contributed by atoms with van der Waals surface area (Å²) in [4.78, 5) is 25.6. The second-order valence-electron chi connectivity index (χ2n) is 7.99. The zero-order valence-electron chi connectivity index (χ0n) is 20.7. The molecule has 2 rings (SSSR count). The molecule has 1 atom stereocenters. The average molecular weight is 509 g/mol. The lowest BCUT2D eigenvalue weighted by Gasteiger charge is -2.23. The van der Waals surface area contributed by atoms with Crippen LogP contribution < -0.4 is 10.1 Å². The van der Waals surface area contributed by atoms with Gasteiger partial charge in [-0.2, -0.15) is 0 Å². The van der Waals surface area contributed by atoms with Gasteiger partial charge >= 0.3 is 12.0 Å². The zero-order valence-corrected chi connectivity index (χ0v) is 20.7. The summed E-state index contributed by atoms with van der Waals surface area (Å²) < 4.78 is 43.2. The Hall–Kier alpha value is -3.24. The number of amides is 2. The lowest BCUT2D eigenvalue weighted by Crippen LogP contribution is -2.39. The molecular weight excluding hydrogens is 474 g/mol. The molecule has 0 saturated carbocycles. The third kappa shape index (κ3) is 10.2. The minimum absolute atomic E-state index is 0.148. The molecule has 2 aromatic carbocycles. The van der Waals surface area contributed by atoms with Crippen molar-refractivity contribution in [2.45, 2.75) is 39.2 Å². The van der Waals surface area contributed by atoms with Crippen molar-refractivity contribution in [1.82, 2.24) is 4.90 Å². The van der Waals surface area contributed by atoms with Crippen molar-refractivity contribution < 1.29 is 37.7 Å². The third-order valence-electron chi connectivity index (χ3n) is 5.14. The molecule has 1 unspecified atom stereocenters. The van der Waals surface area contributed by atoms with Crippen LogP contribution in [0.25, 0.3) is 0 Å². The Morgan fingerprint density at radius 3 is 2.39 bits per heavy atom. The summed E-state index contributed by atoms with van der Waals surface area (Å²) in [6.45, 7) is 6.01. The van der Waals surface area contributed by atoms with Crippen LogP contribution >= 0.6 is 0 Å². The van der Waals surface area contributed by atoms with Crippen LogP contribution in [0.3, 0.4) is 0 Å². The number of urea groups is 1. The molecule has 0 bridgehead atoms. The molecule has 0 spiro atoms. The van der Waals surface area contributed by atoms with Gasteiger partial charge in [-0.15, -0.1) is 0 Å². The Balaban J connectivity index is 1.92. The zero-order chi connectivity index (χ0) is 26.3. The van der Waals surface area contributed by atoms with E-state index in [0.717, 1.165) is 24.1 Å². The molecule has 2 amide bonds. The second kappa shape index (κ2) is 15.7. The summed E-state index contributed by atoms with van der Waals surface area (Å²) in [6, 6.07) is 9.69. The number of nitrogens with one attached hydrogen (secondary N) is 1. The highest BCUT2D eigenvalue weighted by atomic mass is 19.2. The number of hydrogen-bond donors (Lipinski definition) is 2. The number of nitrogens with zero attached hydrogens (tertiary/aromatic N) is 1. The lowest BCUT2D eigenvalue weighted by molar-refractivity contribution is -0.149. The predicted octanol–water partition coefficient (Wildman–Crippen LogP) is 4.73. The lowest BCUT2D eigenvalue weighted by atomic mass is 10.1. The maximum atomic E-state index is 13.5. The van der Waals surface area contributed by atoms with Gasteiger partial charge in [0.15, 0.2) is 17.7 Å². The first-order chi connectivity index (χ1) is 17.3. The summed E-state index contributed by atoms with van der Waals surface area (Å²) in [7, 11) is 0. The van der Waals surface area contributed by atoms with E-state index in [-0.39, 0.29) is 25.3 Å². The number of carbonyl (C=O) groups excluding carboxylic acids is 1. The summed E-state index contributed by atoms with van der Waals surface area (Å²) >= 11 is 0. The van der Waals surface area contributed by atoms with Crippen LogP contribution in [-0.4, -0.2) is 67.6 Å². The summed E-state index contributed by atoms with van der Waals surface area (Å²) in [5.74, 6) is -2.49. The van der Waals surface area contributed by atoms with Crippen molar-refractivity contribution in [3.8, 4) is 5.75 Å². The quantitative estimate of drug-likeness (QED) is 0.318. The number of halogens is 2. The molecule has 2 aromatic rings. The SMILES string of the molecule is CCCOCCCN(CCOc1ccc(CC(OCC)C(=O)O)cc1)C(=O)Nc1ccc(F)c(F)c1. The summed E-state index contributed by atoms with van der Waals surface area (Å²) in [5, 5.41) is 11.8. The highest BCUT2D eigenvalue weighted by Crippen LogP contribution is 2.16. The van der Waals surface area contributed by atoms with Crippen molar-refractivity contribution in [2.75, 3.05) is 44.8 Å². The van der Waals surface area contributed by atoms with Crippen LogP contribution in [-0.2, 0) is 20.7 Å². The smallest absolute Gasteiger partial charge is 0.333 e. The molecule has 0 fully saturated rings. The molecule has 0 aliphatic heterocycles. The highest BCUT2D eigenvalue weighted by molar-refractivity contribution is 5.89. The van der Waals surface area contributed by atoms with Gasteiger partial charge in [0.25, 0.3) is 0 Å². The minimum Gasteiger partial charge on any atom is -0.492 e. The molecule has 0 aliphatic carbocycles. The molecule has 198 valence electrons. The van der Waals surface area contributed by atoms with Gasteiger partial charge in [-0.05, 0) is 49.6 Å². The van der Waals surface area contributed by atoms with Crippen molar-refractivity contribution >= 4 is 17.7 Å². The number of ether oxygens (including phenoxy) is 3. The largest absolute Gasteiger partial charge is 0.492 e. The Morgan fingerprint density at radius 1 is 1.00 bits per heavy atom. The Kier molecular flexibility index (Phi) is 12.6. The fourth-order valence-electron chi connectivity index (χ4n) is 3.32. The number of carboxylic acid groups (broad SMARTS) is 1. The molecule has 0 saturated heterocycles. The number of hydrogen-bond acceptors (Lipinski definition) is 5. The highest BCUT2D eigenvalue weighted by Gasteiger charge is 2.18. The molecule has 0 aromatic heterocycles. The first-order valence-electron chi connectivity index (χ1n) is 12.0. The third-order valence-corrected chi connectivity index (χ3v) is 5.14. The molecule has 2 N–H and O–H groups in total. The van der Waals surface area contributed by atoms with E-state index < -0.39 is 29.7 Å². The van der Waals surface area contributed by atoms with E-state index in [1.807, 2.05) is 6.92 Å². The van der Waals surface area contributed by atoms with Crippen molar-refractivity contribution in [3.05, 3.63) is 59.7 Å². The topological polar surface area (TPSA) is 97.3 Å². The number of carbonyl (C=O) groups is 2. The first kappa shape index (κ1) is 29.0. The minimum atomic E-state index is -1.05. The van der Waals surface area contributed by atoms with E-state index >= 15 is 0 Å². The number of rotatable bonds is 16. The fourth-order valence-corrected chi connectivity index (χ4v) is 3.32. The number of benzene rings is 2. The first-order valence-corrected chi connectivity index (χ1v) is 12.0. The van der Waals surface area contributed by atoms with E-state index in [4.69, 9.17) is 14.2 Å². The van der Waals surface area contributed by atoms with Gasteiger partial charge in [0, 0.05) is 44.5 Å². The van der Waals surface area contributed by atoms with Crippen LogP contribution in [0.15, 0.2) is 42.5 Å². The van der Waals surface area contributed by atoms with Crippen LogP contribution in [0, 0.1) is 11.6 Å². The van der Waals surface area contributed by atoms with E-state index in [2.05, 4.69) is 5.32 Å². The van der Waals surface area contributed by atoms with Crippen molar-refractivity contribution in [1.29, 1.82) is 0 Å². The van der Waals surface area contributed by atoms with Gasteiger partial charge in [0.2, 0.25) is 0 Å². The van der Waals surface area contributed by atoms with Gasteiger partial charge in [-0.1, -0.05) is 19.1 Å². The molecule has 0 aliphatic rings. The van der Waals surface area contributed by atoms with Crippen LogP contribution in [0.1, 0.15) is 32.3 Å². The number of aliphatic carboxylic acids is 1.